The number of rotatable bonds is 3. The Bertz CT molecular complexity index is 733. The van der Waals surface area contributed by atoms with Crippen LogP contribution in [0.15, 0.2) is 48.8 Å². The van der Waals surface area contributed by atoms with Crippen molar-refractivity contribution < 1.29 is 0 Å². The van der Waals surface area contributed by atoms with Gasteiger partial charge in [0.15, 0.2) is 0 Å². The van der Waals surface area contributed by atoms with E-state index in [0.29, 0.717) is 0 Å². The third-order valence-corrected chi connectivity index (χ3v) is 4.06. The normalized spacial score (nSPS) is 16.2. The Hall–Kier alpha value is -2.33. The van der Waals surface area contributed by atoms with Crippen molar-refractivity contribution in [2.45, 2.75) is 6.92 Å². The Morgan fingerprint density at radius 1 is 1.36 bits per heavy atom. The van der Waals surface area contributed by atoms with E-state index in [-0.39, 0.29) is 0 Å². The first-order valence-electron chi connectivity index (χ1n) is 7.63. The molecule has 0 amide bonds. The van der Waals surface area contributed by atoms with E-state index in [1.165, 1.54) is 16.6 Å². The largest absolute Gasteiger partial charge is 0.373 e. The molecule has 0 bridgehead atoms. The molecule has 114 valence electrons. The average molecular weight is 294 g/mol. The van der Waals surface area contributed by atoms with E-state index in [2.05, 4.69) is 64.4 Å². The van der Waals surface area contributed by atoms with Crippen molar-refractivity contribution in [3.8, 4) is 0 Å². The molecule has 1 aromatic carbocycles. The van der Waals surface area contributed by atoms with Crippen molar-refractivity contribution in [3.63, 3.8) is 0 Å². The van der Waals surface area contributed by atoms with Gasteiger partial charge in [-0.25, -0.2) is 4.98 Å². The van der Waals surface area contributed by atoms with E-state index in [1.807, 2.05) is 13.2 Å². The lowest BCUT2D eigenvalue weighted by molar-refractivity contribution is 0.411. The van der Waals surface area contributed by atoms with Crippen LogP contribution >= 0.6 is 0 Å². The van der Waals surface area contributed by atoms with Crippen molar-refractivity contribution in [1.82, 2.24) is 15.2 Å². The summed E-state index contributed by atoms with van der Waals surface area (Å²) in [7, 11) is 1.89. The molecule has 1 saturated heterocycles. The van der Waals surface area contributed by atoms with Crippen molar-refractivity contribution in [1.29, 1.82) is 0 Å². The number of nitrogens with zero attached hydrogens (tertiary/aromatic N) is 2. The number of fused-ring (bicyclic) bond motifs is 1. The molecule has 3 rings (SSSR count). The highest BCUT2D eigenvalue weighted by Gasteiger charge is 2.17. The number of nitrogens with one attached hydrogen (secondary N) is 2. The molecule has 4 nitrogen and oxygen atoms in total. The molecule has 0 spiro atoms. The number of piperazine rings is 1. The van der Waals surface area contributed by atoms with Crippen LogP contribution in [0.5, 0.6) is 0 Å². The number of benzene rings is 1. The lowest BCUT2D eigenvalue weighted by Gasteiger charge is -2.33. The zero-order valence-corrected chi connectivity index (χ0v) is 13.2. The molecule has 0 radical (unpaired) electrons. The van der Waals surface area contributed by atoms with E-state index in [1.54, 1.807) is 0 Å². The van der Waals surface area contributed by atoms with E-state index < -0.39 is 0 Å². The summed E-state index contributed by atoms with van der Waals surface area (Å²) in [4.78, 5) is 6.67. The Kier molecular flexibility index (Phi) is 4.11. The van der Waals surface area contributed by atoms with Gasteiger partial charge in [0.2, 0.25) is 0 Å². The zero-order valence-electron chi connectivity index (χ0n) is 13.2. The second-order valence-corrected chi connectivity index (χ2v) is 5.45. The molecule has 1 aromatic heterocycles. The summed E-state index contributed by atoms with van der Waals surface area (Å²) in [5, 5.41) is 8.79. The number of pyridine rings is 1. The maximum Gasteiger partial charge on any atom is 0.126 e. The van der Waals surface area contributed by atoms with Gasteiger partial charge in [-0.15, -0.1) is 0 Å². The fourth-order valence-corrected chi connectivity index (χ4v) is 2.88. The Balaban J connectivity index is 2.01. The minimum Gasteiger partial charge on any atom is -0.373 e. The van der Waals surface area contributed by atoms with E-state index >= 15 is 0 Å². The molecular weight excluding hydrogens is 272 g/mol. The first-order valence-corrected chi connectivity index (χ1v) is 7.63. The van der Waals surface area contributed by atoms with Crippen LogP contribution < -0.4 is 10.6 Å². The number of hydrogen-bond donors (Lipinski definition) is 2. The predicted octanol–water partition coefficient (Wildman–Crippen LogP) is 3.06. The Labute approximate surface area is 131 Å². The minimum absolute atomic E-state index is 0.846. The Morgan fingerprint density at radius 3 is 2.95 bits per heavy atom. The van der Waals surface area contributed by atoms with Crippen LogP contribution in [0.2, 0.25) is 0 Å². The first kappa shape index (κ1) is 14.6. The summed E-state index contributed by atoms with van der Waals surface area (Å²) in [5.74, 6) is 0.887. The van der Waals surface area contributed by atoms with Gasteiger partial charge >= 0.3 is 0 Å². The molecule has 1 aliphatic heterocycles. The van der Waals surface area contributed by atoms with Crippen LogP contribution in [-0.2, 0) is 0 Å². The van der Waals surface area contributed by atoms with Crippen LogP contribution in [0, 0.1) is 0 Å². The maximum atomic E-state index is 4.36. The molecule has 0 atom stereocenters. The number of hydrogen-bond acceptors (Lipinski definition) is 4. The van der Waals surface area contributed by atoms with E-state index in [9.17, 15) is 0 Å². The van der Waals surface area contributed by atoms with Gasteiger partial charge in [0.1, 0.15) is 5.82 Å². The average Bonchev–Trinajstić information content (AvgIpc) is 2.56. The summed E-state index contributed by atoms with van der Waals surface area (Å²) in [6.07, 6.45) is 4.07. The van der Waals surface area contributed by atoms with Gasteiger partial charge in [0.25, 0.3) is 0 Å². The molecule has 22 heavy (non-hydrogen) atoms. The smallest absolute Gasteiger partial charge is 0.126 e. The van der Waals surface area contributed by atoms with Gasteiger partial charge in [0.05, 0.1) is 0 Å². The Morgan fingerprint density at radius 2 is 2.23 bits per heavy atom. The second kappa shape index (κ2) is 6.20. The van der Waals surface area contributed by atoms with Crippen molar-refractivity contribution in [3.05, 3.63) is 54.4 Å². The first-order chi connectivity index (χ1) is 10.7. The van der Waals surface area contributed by atoms with Crippen molar-refractivity contribution in [2.75, 3.05) is 32.0 Å². The third-order valence-electron chi connectivity index (χ3n) is 4.06. The molecule has 1 aliphatic rings. The molecule has 0 saturated carbocycles. The molecule has 0 aliphatic carbocycles. The third kappa shape index (κ3) is 2.70. The van der Waals surface area contributed by atoms with Crippen LogP contribution in [0.1, 0.15) is 12.5 Å². The quantitative estimate of drug-likeness (QED) is 0.913. The molecule has 2 aromatic rings. The lowest BCUT2D eigenvalue weighted by Crippen LogP contribution is -2.40. The van der Waals surface area contributed by atoms with Crippen molar-refractivity contribution in [2.24, 2.45) is 0 Å². The maximum absolute atomic E-state index is 4.36. The molecule has 0 unspecified atom stereocenters. The monoisotopic (exact) mass is 294 g/mol. The van der Waals surface area contributed by atoms with Crippen LogP contribution in [0.3, 0.4) is 0 Å². The summed E-state index contributed by atoms with van der Waals surface area (Å²) < 4.78 is 0. The molecular formula is C18H22N4. The van der Waals surface area contributed by atoms with Gasteiger partial charge in [-0.05, 0) is 30.0 Å². The standard InChI is InChI=1S/C18H22N4/c1-4-17(22-8-7-20-11-13(22)2)14-5-6-15-12-21-18(19-3)10-16(15)9-14/h4-6,9-10,12,20H,2,7-8,11H2,1,3H3,(H,19,21)/b17-4-. The van der Waals surface area contributed by atoms with Gasteiger partial charge in [0, 0.05) is 49.7 Å². The molecule has 2 heterocycles. The summed E-state index contributed by atoms with van der Waals surface area (Å²) in [6.45, 7) is 9.05. The second-order valence-electron chi connectivity index (χ2n) is 5.45. The van der Waals surface area contributed by atoms with E-state index in [0.717, 1.165) is 36.5 Å². The van der Waals surface area contributed by atoms with Gasteiger partial charge in [-0.1, -0.05) is 24.8 Å². The molecule has 1 fully saturated rings. The highest BCUT2D eigenvalue weighted by Crippen LogP contribution is 2.27. The lowest BCUT2D eigenvalue weighted by atomic mass is 10.0. The van der Waals surface area contributed by atoms with Crippen molar-refractivity contribution >= 4 is 22.3 Å². The van der Waals surface area contributed by atoms with Crippen LogP contribution in [0.4, 0.5) is 5.82 Å². The number of aromatic nitrogens is 1. The predicted molar refractivity (Wildman–Crippen MR) is 93.7 cm³/mol. The zero-order chi connectivity index (χ0) is 15.5. The van der Waals surface area contributed by atoms with Crippen LogP contribution in [-0.4, -0.2) is 36.6 Å². The minimum atomic E-state index is 0.846. The topological polar surface area (TPSA) is 40.2 Å². The summed E-state index contributed by atoms with van der Waals surface area (Å²) in [5.41, 5.74) is 3.55. The van der Waals surface area contributed by atoms with Gasteiger partial charge in [-0.2, -0.15) is 0 Å². The van der Waals surface area contributed by atoms with E-state index in [4.69, 9.17) is 0 Å². The molecule has 2 N–H and O–H groups in total. The fourth-order valence-electron chi connectivity index (χ4n) is 2.88. The van der Waals surface area contributed by atoms with Gasteiger partial charge in [-0.3, -0.25) is 0 Å². The summed E-state index contributed by atoms with van der Waals surface area (Å²) >= 11 is 0. The number of allylic oxidation sites excluding steroid dienone is 1. The highest BCUT2D eigenvalue weighted by molar-refractivity contribution is 5.87. The van der Waals surface area contributed by atoms with Crippen LogP contribution in [0.25, 0.3) is 16.5 Å². The van der Waals surface area contributed by atoms with Gasteiger partial charge < -0.3 is 15.5 Å². The SMILES string of the molecule is C=C1CNCCN1/C(=C\C)c1ccc2cnc(NC)cc2c1. The highest BCUT2D eigenvalue weighted by atomic mass is 15.2. The fraction of sp³-hybridized carbons (Fsp3) is 0.278. The summed E-state index contributed by atoms with van der Waals surface area (Å²) in [6, 6.07) is 8.60. The molecule has 4 heteroatoms. The number of anilines is 1.